The van der Waals surface area contributed by atoms with Gasteiger partial charge in [0.2, 0.25) is 5.91 Å². The van der Waals surface area contributed by atoms with Crippen molar-refractivity contribution in [3.05, 3.63) is 81.2 Å². The molecule has 0 bridgehead atoms. The number of halogens is 2. The van der Waals surface area contributed by atoms with E-state index in [1.54, 1.807) is 31.6 Å². The number of benzene rings is 2. The van der Waals surface area contributed by atoms with Gasteiger partial charge in [0.25, 0.3) is 0 Å². The number of hydrogen-bond acceptors (Lipinski definition) is 4. The Kier molecular flexibility index (Phi) is 6.22. The smallest absolute Gasteiger partial charge is 0.310 e. The zero-order valence-electron chi connectivity index (χ0n) is 19.7. The minimum absolute atomic E-state index is 0.210. The molecule has 1 aliphatic rings. The SMILES string of the molecule is C[C@H](C(=O)O)c1cc(C(N)=O)ccc1-c1cc2c(cn1)ncn2[C@H](C)c1c(Cl)ccc(C2CC2)c1Cl. The number of pyridine rings is 1. The number of carboxylic acids is 1. The fourth-order valence-electron chi connectivity index (χ4n) is 4.64. The Labute approximate surface area is 217 Å². The second-order valence-corrected chi connectivity index (χ2v) is 10.0. The number of carboxylic acid groups (broad SMARTS) is 1. The maximum atomic E-state index is 11.8. The van der Waals surface area contributed by atoms with Crippen molar-refractivity contribution in [2.45, 2.75) is 44.6 Å². The maximum absolute atomic E-state index is 11.8. The zero-order chi connectivity index (χ0) is 25.7. The minimum atomic E-state index is -1.02. The Hall–Kier alpha value is -3.42. The predicted octanol–water partition coefficient (Wildman–Crippen LogP) is 6.18. The monoisotopic (exact) mass is 522 g/mol. The molecule has 0 spiro atoms. The van der Waals surface area contributed by atoms with E-state index in [0.29, 0.717) is 38.3 Å². The van der Waals surface area contributed by atoms with Crippen LogP contribution >= 0.6 is 23.2 Å². The van der Waals surface area contributed by atoms with E-state index in [1.165, 1.54) is 6.07 Å². The van der Waals surface area contributed by atoms with E-state index in [0.717, 1.165) is 29.5 Å². The lowest BCUT2D eigenvalue weighted by Gasteiger charge is -2.20. The van der Waals surface area contributed by atoms with E-state index < -0.39 is 17.8 Å². The molecule has 2 aromatic heterocycles. The Morgan fingerprint density at radius 1 is 1.11 bits per heavy atom. The average molecular weight is 523 g/mol. The number of rotatable bonds is 7. The lowest BCUT2D eigenvalue weighted by Crippen LogP contribution is -2.14. The Balaban J connectivity index is 1.63. The molecule has 2 atom stereocenters. The summed E-state index contributed by atoms with van der Waals surface area (Å²) in [4.78, 5) is 32.6. The molecule has 2 heterocycles. The molecule has 0 saturated heterocycles. The normalized spacial score (nSPS) is 15.1. The molecule has 0 unspecified atom stereocenters. The summed E-state index contributed by atoms with van der Waals surface area (Å²) in [5.74, 6) is -2.03. The molecule has 1 amide bonds. The van der Waals surface area contributed by atoms with E-state index in [4.69, 9.17) is 28.9 Å². The molecule has 1 fully saturated rings. The van der Waals surface area contributed by atoms with Gasteiger partial charge in [0.1, 0.15) is 5.52 Å². The van der Waals surface area contributed by atoms with Gasteiger partial charge >= 0.3 is 5.97 Å². The van der Waals surface area contributed by atoms with Gasteiger partial charge in [0, 0.05) is 21.7 Å². The van der Waals surface area contributed by atoms with Crippen LogP contribution in [0.2, 0.25) is 10.0 Å². The van der Waals surface area contributed by atoms with Gasteiger partial charge in [-0.3, -0.25) is 14.6 Å². The molecular weight excluding hydrogens is 499 g/mol. The summed E-state index contributed by atoms with van der Waals surface area (Å²) in [6, 6.07) is 10.3. The highest BCUT2D eigenvalue weighted by Crippen LogP contribution is 2.47. The molecule has 184 valence electrons. The molecule has 2 aromatic carbocycles. The summed E-state index contributed by atoms with van der Waals surface area (Å²) < 4.78 is 1.99. The fraction of sp³-hybridized carbons (Fsp3) is 0.259. The number of aromatic nitrogens is 3. The van der Waals surface area contributed by atoms with Crippen molar-refractivity contribution >= 4 is 46.1 Å². The van der Waals surface area contributed by atoms with Crippen molar-refractivity contribution in [2.24, 2.45) is 5.73 Å². The van der Waals surface area contributed by atoms with Gasteiger partial charge in [-0.25, -0.2) is 4.98 Å². The third-order valence-electron chi connectivity index (χ3n) is 6.92. The second kappa shape index (κ2) is 9.22. The number of imidazole rings is 1. The standard InChI is InChI=1S/C27H24Cl2N4O3/c1-13(27(35)36)19-9-16(26(30)34)5-6-18(19)21-10-23-22(11-31-21)32-12-33(23)14(2)24-20(28)8-7-17(25(24)29)15-3-4-15/h5-15H,3-4H2,1-2H3,(H2,30,34)(H,35,36)/t13-,14+/m0/s1. The topological polar surface area (TPSA) is 111 Å². The van der Waals surface area contributed by atoms with Crippen LogP contribution in [0.25, 0.3) is 22.3 Å². The van der Waals surface area contributed by atoms with E-state index in [1.807, 2.05) is 29.7 Å². The third-order valence-corrected chi connectivity index (χ3v) is 7.67. The lowest BCUT2D eigenvalue weighted by molar-refractivity contribution is -0.138. The second-order valence-electron chi connectivity index (χ2n) is 9.25. The van der Waals surface area contributed by atoms with Crippen LogP contribution in [0.3, 0.4) is 0 Å². The first kappa shape index (κ1) is 24.3. The van der Waals surface area contributed by atoms with E-state index in [-0.39, 0.29) is 11.6 Å². The first-order chi connectivity index (χ1) is 17.2. The van der Waals surface area contributed by atoms with Crippen LogP contribution < -0.4 is 5.73 Å². The van der Waals surface area contributed by atoms with Crippen LogP contribution in [-0.4, -0.2) is 31.5 Å². The Morgan fingerprint density at radius 3 is 2.53 bits per heavy atom. The summed E-state index contributed by atoms with van der Waals surface area (Å²) in [6.07, 6.45) is 5.64. The molecule has 0 aliphatic heterocycles. The zero-order valence-corrected chi connectivity index (χ0v) is 21.2. The van der Waals surface area contributed by atoms with Gasteiger partial charge in [-0.1, -0.05) is 35.3 Å². The van der Waals surface area contributed by atoms with Crippen LogP contribution in [0.4, 0.5) is 0 Å². The number of aliphatic carboxylic acids is 1. The lowest BCUT2D eigenvalue weighted by atomic mass is 9.91. The first-order valence-electron chi connectivity index (χ1n) is 11.6. The van der Waals surface area contributed by atoms with E-state index >= 15 is 0 Å². The number of carbonyl (C=O) groups is 2. The average Bonchev–Trinajstić information content (AvgIpc) is 3.60. The summed E-state index contributed by atoms with van der Waals surface area (Å²) >= 11 is 13.5. The van der Waals surface area contributed by atoms with Gasteiger partial charge < -0.3 is 15.4 Å². The van der Waals surface area contributed by atoms with Gasteiger partial charge in [0.05, 0.1) is 40.7 Å². The molecule has 7 nitrogen and oxygen atoms in total. The van der Waals surface area contributed by atoms with Crippen molar-refractivity contribution in [1.82, 2.24) is 14.5 Å². The number of hydrogen-bond donors (Lipinski definition) is 2. The van der Waals surface area contributed by atoms with E-state index in [2.05, 4.69) is 9.97 Å². The molecule has 4 aromatic rings. The number of nitrogens with two attached hydrogens (primary N) is 1. The summed E-state index contributed by atoms with van der Waals surface area (Å²) in [7, 11) is 0. The number of fused-ring (bicyclic) bond motifs is 1. The molecule has 5 rings (SSSR count). The predicted molar refractivity (Wildman–Crippen MR) is 140 cm³/mol. The highest BCUT2D eigenvalue weighted by molar-refractivity contribution is 6.36. The van der Waals surface area contributed by atoms with Gasteiger partial charge in [-0.2, -0.15) is 0 Å². The molecule has 1 aliphatic carbocycles. The van der Waals surface area contributed by atoms with Crippen LogP contribution in [-0.2, 0) is 4.79 Å². The number of nitrogens with zero attached hydrogens (tertiary/aromatic N) is 3. The van der Waals surface area contributed by atoms with Crippen LogP contribution in [0.15, 0.2) is 48.9 Å². The molecule has 3 N–H and O–H groups in total. The highest BCUT2D eigenvalue weighted by atomic mass is 35.5. The molecular formula is C27H24Cl2N4O3. The van der Waals surface area contributed by atoms with E-state index in [9.17, 15) is 14.7 Å². The summed E-state index contributed by atoms with van der Waals surface area (Å²) in [5, 5.41) is 10.9. The van der Waals surface area contributed by atoms with Gasteiger partial charge in [0.15, 0.2) is 0 Å². The summed E-state index contributed by atoms with van der Waals surface area (Å²) in [5.41, 5.74) is 10.7. The number of amides is 1. The number of primary amides is 1. The van der Waals surface area contributed by atoms with Gasteiger partial charge in [-0.15, -0.1) is 0 Å². The number of carbonyl (C=O) groups excluding carboxylic acids is 1. The van der Waals surface area contributed by atoms with Gasteiger partial charge in [-0.05, 0) is 68.0 Å². The van der Waals surface area contributed by atoms with Crippen molar-refractivity contribution in [1.29, 1.82) is 0 Å². The van der Waals surface area contributed by atoms with Crippen LogP contribution in [0, 0.1) is 0 Å². The third kappa shape index (κ3) is 4.22. The van der Waals surface area contributed by atoms with Crippen molar-refractivity contribution < 1.29 is 14.7 Å². The molecule has 36 heavy (non-hydrogen) atoms. The summed E-state index contributed by atoms with van der Waals surface area (Å²) in [6.45, 7) is 3.58. The molecule has 1 saturated carbocycles. The fourth-order valence-corrected chi connectivity index (χ4v) is 5.49. The molecule has 0 radical (unpaired) electrons. The molecule has 9 heteroatoms. The van der Waals surface area contributed by atoms with Crippen molar-refractivity contribution in [2.75, 3.05) is 0 Å². The minimum Gasteiger partial charge on any atom is -0.481 e. The Morgan fingerprint density at radius 2 is 1.86 bits per heavy atom. The van der Waals surface area contributed by atoms with Crippen LogP contribution in [0.1, 0.15) is 71.6 Å². The van der Waals surface area contributed by atoms with Crippen molar-refractivity contribution in [3.8, 4) is 11.3 Å². The first-order valence-corrected chi connectivity index (χ1v) is 12.4. The quantitative estimate of drug-likeness (QED) is 0.301. The highest BCUT2D eigenvalue weighted by Gasteiger charge is 2.29. The van der Waals surface area contributed by atoms with Crippen LogP contribution in [0.5, 0.6) is 0 Å². The maximum Gasteiger partial charge on any atom is 0.310 e. The Bertz CT molecular complexity index is 1530. The van der Waals surface area contributed by atoms with Crippen molar-refractivity contribution in [3.63, 3.8) is 0 Å². The largest absolute Gasteiger partial charge is 0.481 e.